The van der Waals surface area contributed by atoms with Crippen molar-refractivity contribution in [3.8, 4) is 5.69 Å². The smallest absolute Gasteiger partial charge is 0.383 e. The lowest BCUT2D eigenvalue weighted by Gasteiger charge is -2.13. The van der Waals surface area contributed by atoms with Crippen LogP contribution in [0.25, 0.3) is 5.69 Å². The number of rotatable bonds is 2. The largest absolute Gasteiger partial charge is 0.416 e. The molecule has 0 bridgehead atoms. The molecular weight excluding hydrogens is 326 g/mol. The lowest BCUT2D eigenvalue weighted by Crippen LogP contribution is -2.08. The summed E-state index contributed by atoms with van der Waals surface area (Å²) in [6, 6.07) is 1.62. The normalized spacial score (nSPS) is 12.0. The number of alkyl halides is 3. The summed E-state index contributed by atoms with van der Waals surface area (Å²) in [5.74, 6) is 0.318. The van der Waals surface area contributed by atoms with Crippen LogP contribution in [0.1, 0.15) is 23.7 Å². The van der Waals surface area contributed by atoms with Crippen molar-refractivity contribution in [3.63, 3.8) is 0 Å². The summed E-state index contributed by atoms with van der Waals surface area (Å²) in [6.07, 6.45) is -3.88. The monoisotopic (exact) mass is 337 g/mol. The molecule has 3 nitrogen and oxygen atoms in total. The van der Waals surface area contributed by atoms with Crippen molar-refractivity contribution in [2.75, 3.05) is 5.73 Å². The lowest BCUT2D eigenvalue weighted by molar-refractivity contribution is -0.137. The fourth-order valence-electron chi connectivity index (χ4n) is 2.12. The van der Waals surface area contributed by atoms with E-state index in [-0.39, 0.29) is 15.7 Å². The van der Waals surface area contributed by atoms with Gasteiger partial charge in [0.1, 0.15) is 11.5 Å². The summed E-state index contributed by atoms with van der Waals surface area (Å²) in [5.41, 5.74) is 6.69. The first kappa shape index (κ1) is 16.0. The van der Waals surface area contributed by atoms with Gasteiger partial charge in [-0.25, -0.2) is 4.68 Å². The first-order valence-electron chi connectivity index (χ1n) is 6.07. The van der Waals surface area contributed by atoms with E-state index >= 15 is 0 Å². The minimum atomic E-state index is -4.52. The van der Waals surface area contributed by atoms with Crippen molar-refractivity contribution in [3.05, 3.63) is 39.0 Å². The molecule has 1 heterocycles. The van der Waals surface area contributed by atoms with Gasteiger partial charge in [0.25, 0.3) is 0 Å². The van der Waals surface area contributed by atoms with E-state index in [1.165, 1.54) is 4.68 Å². The van der Waals surface area contributed by atoms with Gasteiger partial charge in [-0.05, 0) is 25.5 Å². The van der Waals surface area contributed by atoms with Gasteiger partial charge in [-0.1, -0.05) is 30.1 Å². The minimum absolute atomic E-state index is 0.145. The minimum Gasteiger partial charge on any atom is -0.383 e. The third kappa shape index (κ3) is 2.82. The van der Waals surface area contributed by atoms with E-state index in [1.807, 2.05) is 6.92 Å². The van der Waals surface area contributed by atoms with Gasteiger partial charge in [0.2, 0.25) is 0 Å². The highest BCUT2D eigenvalue weighted by Gasteiger charge is 2.32. The van der Waals surface area contributed by atoms with Gasteiger partial charge in [0.05, 0.1) is 21.3 Å². The average molecular weight is 338 g/mol. The molecule has 0 aliphatic heterocycles. The van der Waals surface area contributed by atoms with Crippen LogP contribution in [0.3, 0.4) is 0 Å². The quantitative estimate of drug-likeness (QED) is 0.866. The molecule has 0 unspecified atom stereocenters. The molecule has 0 amide bonds. The fraction of sp³-hybridized carbons (Fsp3) is 0.308. The Morgan fingerprint density at radius 3 is 2.14 bits per heavy atom. The summed E-state index contributed by atoms with van der Waals surface area (Å²) in [4.78, 5) is 0. The van der Waals surface area contributed by atoms with E-state index < -0.39 is 11.7 Å². The molecule has 2 N–H and O–H groups in total. The molecule has 2 aromatic rings. The zero-order chi connectivity index (χ0) is 15.9. The van der Waals surface area contributed by atoms with Crippen LogP contribution in [0, 0.1) is 6.92 Å². The lowest BCUT2D eigenvalue weighted by atomic mass is 10.2. The second-order valence-corrected chi connectivity index (χ2v) is 5.32. The van der Waals surface area contributed by atoms with Crippen LogP contribution in [-0.4, -0.2) is 9.78 Å². The van der Waals surface area contributed by atoms with Crippen LogP contribution >= 0.6 is 23.2 Å². The number of aromatic nitrogens is 2. The van der Waals surface area contributed by atoms with Gasteiger partial charge in [0.15, 0.2) is 0 Å². The maximum atomic E-state index is 12.7. The molecule has 2 rings (SSSR count). The van der Waals surface area contributed by atoms with Crippen LogP contribution in [0.15, 0.2) is 12.1 Å². The zero-order valence-corrected chi connectivity index (χ0v) is 12.7. The Morgan fingerprint density at radius 1 is 1.24 bits per heavy atom. The van der Waals surface area contributed by atoms with E-state index in [9.17, 15) is 13.2 Å². The number of benzene rings is 1. The van der Waals surface area contributed by atoms with Gasteiger partial charge in [-0.3, -0.25) is 0 Å². The van der Waals surface area contributed by atoms with Crippen molar-refractivity contribution in [1.29, 1.82) is 0 Å². The molecule has 1 aromatic carbocycles. The predicted molar refractivity (Wildman–Crippen MR) is 77.1 cm³/mol. The first-order chi connectivity index (χ1) is 9.66. The van der Waals surface area contributed by atoms with Crippen LogP contribution in [-0.2, 0) is 12.6 Å². The van der Waals surface area contributed by atoms with E-state index in [1.54, 1.807) is 6.92 Å². The molecule has 0 radical (unpaired) electrons. The Morgan fingerprint density at radius 2 is 1.76 bits per heavy atom. The average Bonchev–Trinajstić information content (AvgIpc) is 2.62. The first-order valence-corrected chi connectivity index (χ1v) is 6.83. The number of hydrogen-bond acceptors (Lipinski definition) is 2. The summed E-state index contributed by atoms with van der Waals surface area (Å²) in [5, 5.41) is 3.89. The Kier molecular flexibility index (Phi) is 4.13. The topological polar surface area (TPSA) is 43.8 Å². The van der Waals surface area contributed by atoms with Crippen molar-refractivity contribution in [2.45, 2.75) is 26.4 Å². The summed E-state index contributed by atoms with van der Waals surface area (Å²) in [7, 11) is 0. The summed E-state index contributed by atoms with van der Waals surface area (Å²) in [6.45, 7) is 3.66. The van der Waals surface area contributed by atoms with E-state index in [0.717, 1.165) is 17.7 Å². The van der Waals surface area contributed by atoms with E-state index in [4.69, 9.17) is 28.9 Å². The van der Waals surface area contributed by atoms with Gasteiger partial charge >= 0.3 is 6.18 Å². The number of halogens is 5. The molecular formula is C13H12Cl2F3N3. The number of nitrogen functional groups attached to an aromatic ring is 1. The molecule has 0 saturated heterocycles. The molecule has 1 aromatic heterocycles. The van der Waals surface area contributed by atoms with Gasteiger partial charge in [-0.15, -0.1) is 0 Å². The third-order valence-electron chi connectivity index (χ3n) is 3.13. The highest BCUT2D eigenvalue weighted by atomic mass is 35.5. The molecule has 0 aliphatic rings. The predicted octanol–water partition coefficient (Wildman–Crippen LogP) is 4.65. The second-order valence-electron chi connectivity index (χ2n) is 4.50. The number of hydrogen-bond donors (Lipinski definition) is 1. The molecule has 0 fully saturated rings. The van der Waals surface area contributed by atoms with Crippen LogP contribution in [0.4, 0.5) is 19.0 Å². The van der Waals surface area contributed by atoms with E-state index in [2.05, 4.69) is 5.10 Å². The molecule has 0 saturated carbocycles. The number of nitrogens with two attached hydrogens (primary N) is 1. The third-order valence-corrected chi connectivity index (χ3v) is 3.71. The Bertz CT molecular complexity index is 670. The standard InChI is InChI=1S/C13H12Cl2F3N3/c1-3-8-6(2)20-21(12(8)19)11-9(14)4-7(5-10(11)15)13(16,17)18/h4-5H,3,19H2,1-2H3. The van der Waals surface area contributed by atoms with Gasteiger partial charge in [0, 0.05) is 5.56 Å². The van der Waals surface area contributed by atoms with Crippen molar-refractivity contribution >= 4 is 29.0 Å². The number of nitrogens with zero attached hydrogens (tertiary/aromatic N) is 2. The van der Waals surface area contributed by atoms with E-state index in [0.29, 0.717) is 17.9 Å². The Labute approximate surface area is 129 Å². The number of aryl methyl sites for hydroxylation is 1. The molecule has 0 atom stereocenters. The van der Waals surface area contributed by atoms with Crippen molar-refractivity contribution < 1.29 is 13.2 Å². The van der Waals surface area contributed by atoms with Gasteiger partial charge in [-0.2, -0.15) is 18.3 Å². The molecule has 114 valence electrons. The molecule has 0 aliphatic carbocycles. The maximum absolute atomic E-state index is 12.7. The molecule has 0 spiro atoms. The SMILES string of the molecule is CCc1c(C)nn(-c2c(Cl)cc(C(F)(F)F)cc2Cl)c1N. The van der Waals surface area contributed by atoms with Crippen molar-refractivity contribution in [2.24, 2.45) is 0 Å². The second kappa shape index (κ2) is 5.42. The number of anilines is 1. The highest BCUT2D eigenvalue weighted by molar-refractivity contribution is 6.37. The maximum Gasteiger partial charge on any atom is 0.416 e. The fourth-order valence-corrected chi connectivity index (χ4v) is 2.76. The van der Waals surface area contributed by atoms with Crippen LogP contribution in [0.5, 0.6) is 0 Å². The Balaban J connectivity index is 2.66. The zero-order valence-electron chi connectivity index (χ0n) is 11.2. The van der Waals surface area contributed by atoms with Gasteiger partial charge < -0.3 is 5.73 Å². The molecule has 8 heteroatoms. The van der Waals surface area contributed by atoms with Crippen molar-refractivity contribution in [1.82, 2.24) is 9.78 Å². The van der Waals surface area contributed by atoms with Crippen LogP contribution in [0.2, 0.25) is 10.0 Å². The highest BCUT2D eigenvalue weighted by Crippen LogP contribution is 2.38. The summed E-state index contributed by atoms with van der Waals surface area (Å²) >= 11 is 11.9. The summed E-state index contributed by atoms with van der Waals surface area (Å²) < 4.78 is 39.4. The Hall–Kier alpha value is -1.40. The van der Waals surface area contributed by atoms with Crippen LogP contribution < -0.4 is 5.73 Å². The molecule has 21 heavy (non-hydrogen) atoms.